The minimum Gasteiger partial charge on any atom is -0.389 e. The fourth-order valence-corrected chi connectivity index (χ4v) is 2.92. The van der Waals surface area contributed by atoms with Crippen LogP contribution in [0.4, 0.5) is 0 Å². The van der Waals surface area contributed by atoms with Gasteiger partial charge in [-0.15, -0.1) is 0 Å². The molecule has 0 radical (unpaired) electrons. The Kier molecular flexibility index (Phi) is 4.75. The second-order valence-corrected chi connectivity index (χ2v) is 4.98. The monoisotopic (exact) mass is 249 g/mol. The third-order valence-corrected chi connectivity index (χ3v) is 3.71. The van der Waals surface area contributed by atoms with Gasteiger partial charge in [-0.25, -0.2) is 0 Å². The van der Waals surface area contributed by atoms with Crippen LogP contribution in [0.25, 0.3) is 0 Å². The van der Waals surface area contributed by atoms with Crippen molar-refractivity contribution in [1.29, 1.82) is 0 Å². The topological polar surface area (TPSA) is 32.7 Å². The summed E-state index contributed by atoms with van der Waals surface area (Å²) in [6.07, 6.45) is 1.76. The predicted octanol–water partition coefficient (Wildman–Crippen LogP) is 2.00. The molecule has 1 aromatic carbocycles. The second-order valence-electron chi connectivity index (χ2n) is 4.98. The summed E-state index contributed by atoms with van der Waals surface area (Å²) in [6, 6.07) is 9.10. The molecule has 100 valence electrons. The molecular formula is C15H23NO2. The van der Waals surface area contributed by atoms with Crippen molar-refractivity contribution in [2.45, 2.75) is 31.9 Å². The van der Waals surface area contributed by atoms with Crippen molar-refractivity contribution in [2.75, 3.05) is 26.8 Å². The summed E-state index contributed by atoms with van der Waals surface area (Å²) in [7, 11) is 1.63. The summed E-state index contributed by atoms with van der Waals surface area (Å²) in [6.45, 7) is 4.34. The number of aliphatic hydroxyl groups is 1. The van der Waals surface area contributed by atoms with Crippen LogP contribution in [0.15, 0.2) is 24.3 Å². The molecule has 0 saturated carbocycles. The van der Waals surface area contributed by atoms with Crippen LogP contribution in [0.5, 0.6) is 0 Å². The van der Waals surface area contributed by atoms with Crippen LogP contribution < -0.4 is 0 Å². The smallest absolute Gasteiger partial charge is 0.0900 e. The number of methoxy groups -OCH3 is 1. The third kappa shape index (κ3) is 2.91. The van der Waals surface area contributed by atoms with E-state index in [1.165, 1.54) is 11.1 Å². The van der Waals surface area contributed by atoms with Crippen molar-refractivity contribution in [3.63, 3.8) is 0 Å². The molecule has 0 aliphatic carbocycles. The van der Waals surface area contributed by atoms with E-state index in [0.717, 1.165) is 19.4 Å². The van der Waals surface area contributed by atoms with Gasteiger partial charge in [-0.3, -0.25) is 4.90 Å². The molecule has 0 unspecified atom stereocenters. The highest BCUT2D eigenvalue weighted by Gasteiger charge is 2.26. The van der Waals surface area contributed by atoms with Crippen molar-refractivity contribution < 1.29 is 9.84 Å². The van der Waals surface area contributed by atoms with Gasteiger partial charge in [-0.2, -0.15) is 0 Å². The van der Waals surface area contributed by atoms with Gasteiger partial charge in [0.05, 0.1) is 12.7 Å². The first kappa shape index (κ1) is 13.5. The lowest BCUT2D eigenvalue weighted by molar-refractivity contribution is 0.0234. The molecule has 1 aromatic rings. The normalized spacial score (nSPS) is 21.6. The van der Waals surface area contributed by atoms with Gasteiger partial charge >= 0.3 is 0 Å². The number of fused-ring (bicyclic) bond motifs is 1. The Labute approximate surface area is 109 Å². The molecule has 1 aliphatic rings. The average Bonchev–Trinajstić information content (AvgIpc) is 2.38. The molecule has 3 nitrogen and oxygen atoms in total. The maximum absolute atomic E-state index is 9.90. The standard InChI is InChI=1S/C15H23NO2/c1-3-15-14-7-5-4-6-12(14)8-9-16(15)10-13(17)11-18-2/h4-7,13,15,17H,3,8-11H2,1-2H3/t13-,15+/m0/s1. The van der Waals surface area contributed by atoms with E-state index in [1.807, 2.05) is 0 Å². The largest absolute Gasteiger partial charge is 0.389 e. The maximum atomic E-state index is 9.90. The molecule has 1 heterocycles. The van der Waals surface area contributed by atoms with E-state index in [4.69, 9.17) is 4.74 Å². The molecule has 0 bridgehead atoms. The van der Waals surface area contributed by atoms with Gasteiger partial charge in [-0.05, 0) is 24.0 Å². The van der Waals surface area contributed by atoms with Gasteiger partial charge in [0.1, 0.15) is 0 Å². The van der Waals surface area contributed by atoms with Crippen molar-refractivity contribution in [3.05, 3.63) is 35.4 Å². The van der Waals surface area contributed by atoms with Crippen LogP contribution >= 0.6 is 0 Å². The van der Waals surface area contributed by atoms with E-state index in [-0.39, 0.29) is 0 Å². The molecule has 0 saturated heterocycles. The highest BCUT2D eigenvalue weighted by molar-refractivity contribution is 5.32. The summed E-state index contributed by atoms with van der Waals surface area (Å²) in [5.74, 6) is 0. The van der Waals surface area contributed by atoms with Crippen LogP contribution in [0, 0.1) is 0 Å². The zero-order valence-corrected chi connectivity index (χ0v) is 11.3. The lowest BCUT2D eigenvalue weighted by atomic mass is 9.91. The highest BCUT2D eigenvalue weighted by atomic mass is 16.5. The molecule has 18 heavy (non-hydrogen) atoms. The lowest BCUT2D eigenvalue weighted by Crippen LogP contribution is -2.41. The summed E-state index contributed by atoms with van der Waals surface area (Å²) >= 11 is 0. The van der Waals surface area contributed by atoms with E-state index in [1.54, 1.807) is 7.11 Å². The predicted molar refractivity (Wildman–Crippen MR) is 72.6 cm³/mol. The Bertz CT molecular complexity index is 381. The van der Waals surface area contributed by atoms with E-state index >= 15 is 0 Å². The molecule has 2 atom stereocenters. The molecule has 1 N–H and O–H groups in total. The van der Waals surface area contributed by atoms with Gasteiger partial charge in [0.2, 0.25) is 0 Å². The van der Waals surface area contributed by atoms with Crippen LogP contribution in [0.3, 0.4) is 0 Å². The number of benzene rings is 1. The molecule has 0 aromatic heterocycles. The number of β-amino-alcohol motifs (C(OH)–C–C–N with tert-alkyl or cyclic N) is 1. The fourth-order valence-electron chi connectivity index (χ4n) is 2.92. The molecule has 2 rings (SSSR count). The zero-order chi connectivity index (χ0) is 13.0. The molecular weight excluding hydrogens is 226 g/mol. The van der Waals surface area contributed by atoms with Crippen molar-refractivity contribution in [1.82, 2.24) is 4.90 Å². The van der Waals surface area contributed by atoms with Crippen LogP contribution in [0.1, 0.15) is 30.5 Å². The Morgan fingerprint density at radius 3 is 2.94 bits per heavy atom. The SMILES string of the molecule is CC[C@@H]1c2ccccc2CCN1C[C@H](O)COC. The number of nitrogens with zero attached hydrogens (tertiary/aromatic N) is 1. The Balaban J connectivity index is 2.10. The van der Waals surface area contributed by atoms with Crippen LogP contribution in [0.2, 0.25) is 0 Å². The number of hydrogen-bond acceptors (Lipinski definition) is 3. The Hall–Kier alpha value is -0.900. The summed E-state index contributed by atoms with van der Waals surface area (Å²) < 4.78 is 5.01. The highest BCUT2D eigenvalue weighted by Crippen LogP contribution is 2.31. The lowest BCUT2D eigenvalue weighted by Gasteiger charge is -2.37. The van der Waals surface area contributed by atoms with Gasteiger partial charge in [0.15, 0.2) is 0 Å². The van der Waals surface area contributed by atoms with E-state index in [0.29, 0.717) is 19.2 Å². The van der Waals surface area contributed by atoms with Crippen molar-refractivity contribution >= 4 is 0 Å². The fraction of sp³-hybridized carbons (Fsp3) is 0.600. The van der Waals surface area contributed by atoms with Crippen LogP contribution in [-0.2, 0) is 11.2 Å². The van der Waals surface area contributed by atoms with Gasteiger partial charge < -0.3 is 9.84 Å². The average molecular weight is 249 g/mol. The third-order valence-electron chi connectivity index (χ3n) is 3.71. The first-order valence-electron chi connectivity index (χ1n) is 6.75. The maximum Gasteiger partial charge on any atom is 0.0900 e. The molecule has 0 spiro atoms. The minimum atomic E-state index is -0.394. The first-order chi connectivity index (χ1) is 8.76. The zero-order valence-electron chi connectivity index (χ0n) is 11.3. The first-order valence-corrected chi connectivity index (χ1v) is 6.75. The van der Waals surface area contributed by atoms with Crippen molar-refractivity contribution in [2.24, 2.45) is 0 Å². The number of hydrogen-bond donors (Lipinski definition) is 1. The second kappa shape index (κ2) is 6.32. The van der Waals surface area contributed by atoms with E-state index < -0.39 is 6.10 Å². The van der Waals surface area contributed by atoms with Gasteiger partial charge in [-0.1, -0.05) is 31.2 Å². The summed E-state index contributed by atoms with van der Waals surface area (Å²) in [5.41, 5.74) is 2.89. The van der Waals surface area contributed by atoms with E-state index in [9.17, 15) is 5.11 Å². The Morgan fingerprint density at radius 1 is 1.44 bits per heavy atom. The molecule has 1 aliphatic heterocycles. The van der Waals surface area contributed by atoms with Crippen LogP contribution in [-0.4, -0.2) is 42.9 Å². The molecule has 0 fully saturated rings. The number of rotatable bonds is 5. The quantitative estimate of drug-likeness (QED) is 0.866. The van der Waals surface area contributed by atoms with Gasteiger partial charge in [0, 0.05) is 26.2 Å². The summed E-state index contributed by atoms with van der Waals surface area (Å²) in [5, 5.41) is 9.90. The van der Waals surface area contributed by atoms with E-state index in [2.05, 4.69) is 36.1 Å². The molecule has 0 amide bonds. The Morgan fingerprint density at radius 2 is 2.22 bits per heavy atom. The number of aliphatic hydroxyl groups excluding tert-OH is 1. The van der Waals surface area contributed by atoms with Crippen molar-refractivity contribution in [3.8, 4) is 0 Å². The van der Waals surface area contributed by atoms with Gasteiger partial charge in [0.25, 0.3) is 0 Å². The summed E-state index contributed by atoms with van der Waals surface area (Å²) in [4.78, 5) is 2.38. The number of ether oxygens (including phenoxy) is 1. The minimum absolute atomic E-state index is 0.394. The molecule has 3 heteroatoms.